The summed E-state index contributed by atoms with van der Waals surface area (Å²) in [5, 5.41) is 10.6. The number of hydrogen-bond donors (Lipinski definition) is 2. The van der Waals surface area contributed by atoms with Crippen molar-refractivity contribution >= 4 is 17.3 Å². The minimum absolute atomic E-state index is 0.0226. The molecule has 18 heavy (non-hydrogen) atoms. The van der Waals surface area contributed by atoms with Crippen LogP contribution in [0, 0.1) is 10.1 Å². The number of hydrazine groups is 1. The highest BCUT2D eigenvalue weighted by Gasteiger charge is 2.13. The topological polar surface area (TPSA) is 93.5 Å². The molecular formula is C11H15N3O4. The summed E-state index contributed by atoms with van der Waals surface area (Å²) in [5.74, 6) is -0.393. The van der Waals surface area contributed by atoms with E-state index in [2.05, 4.69) is 10.9 Å². The quantitative estimate of drug-likeness (QED) is 0.453. The fourth-order valence-corrected chi connectivity index (χ4v) is 1.22. The zero-order valence-corrected chi connectivity index (χ0v) is 10.2. The summed E-state index contributed by atoms with van der Waals surface area (Å²) >= 11 is 0. The smallest absolute Gasteiger partial charge is 0.324 e. The number of carbonyl (C=O) groups excluding carboxylic acids is 1. The predicted molar refractivity (Wildman–Crippen MR) is 65.9 cm³/mol. The maximum absolute atomic E-state index is 11.3. The van der Waals surface area contributed by atoms with E-state index in [4.69, 9.17) is 4.74 Å². The molecule has 0 heterocycles. The fraction of sp³-hybridized carbons (Fsp3) is 0.364. The summed E-state index contributed by atoms with van der Waals surface area (Å²) in [6.45, 7) is 3.66. The number of nitro groups is 1. The lowest BCUT2D eigenvalue weighted by atomic mass is 10.3. The maximum atomic E-state index is 11.3. The Morgan fingerprint density at radius 3 is 2.89 bits per heavy atom. The number of anilines is 1. The van der Waals surface area contributed by atoms with Crippen LogP contribution in [0.25, 0.3) is 0 Å². The molecule has 0 amide bonds. The second-order valence-electron chi connectivity index (χ2n) is 3.55. The zero-order chi connectivity index (χ0) is 13.5. The van der Waals surface area contributed by atoms with Crippen molar-refractivity contribution in [3.8, 4) is 0 Å². The molecular weight excluding hydrogens is 238 g/mol. The van der Waals surface area contributed by atoms with Gasteiger partial charge < -0.3 is 10.2 Å². The molecule has 0 radical (unpaired) electrons. The summed E-state index contributed by atoms with van der Waals surface area (Å²) in [6.07, 6.45) is 0. The molecule has 7 nitrogen and oxygen atoms in total. The van der Waals surface area contributed by atoms with Crippen molar-refractivity contribution in [2.45, 2.75) is 19.9 Å². The van der Waals surface area contributed by atoms with Gasteiger partial charge in [0.1, 0.15) is 6.04 Å². The summed E-state index contributed by atoms with van der Waals surface area (Å²) < 4.78 is 4.80. The number of carbonyl (C=O) groups is 1. The van der Waals surface area contributed by atoms with Gasteiger partial charge in [0.15, 0.2) is 0 Å². The van der Waals surface area contributed by atoms with Crippen molar-refractivity contribution in [3.05, 3.63) is 34.4 Å². The largest absolute Gasteiger partial charge is 0.465 e. The first-order chi connectivity index (χ1) is 8.54. The van der Waals surface area contributed by atoms with Crippen LogP contribution in [-0.2, 0) is 9.53 Å². The van der Waals surface area contributed by atoms with Crippen LogP contribution in [0.15, 0.2) is 24.3 Å². The molecule has 0 saturated heterocycles. The predicted octanol–water partition coefficient (Wildman–Crippen LogP) is 1.46. The Hall–Kier alpha value is -2.15. The van der Waals surface area contributed by atoms with Crippen LogP contribution in [0.2, 0.25) is 0 Å². The number of rotatable bonds is 6. The van der Waals surface area contributed by atoms with E-state index < -0.39 is 16.9 Å². The SMILES string of the molecule is CCOC(=O)C(C)NNc1cccc([N+](=O)[O-])c1. The molecule has 0 aliphatic rings. The van der Waals surface area contributed by atoms with E-state index in [-0.39, 0.29) is 5.69 Å². The van der Waals surface area contributed by atoms with E-state index >= 15 is 0 Å². The van der Waals surface area contributed by atoms with Gasteiger partial charge in [-0.15, -0.1) is 0 Å². The molecule has 0 saturated carbocycles. The van der Waals surface area contributed by atoms with Crippen LogP contribution in [0.5, 0.6) is 0 Å². The minimum Gasteiger partial charge on any atom is -0.465 e. The second kappa shape index (κ2) is 6.55. The first-order valence-electron chi connectivity index (χ1n) is 5.47. The Morgan fingerprint density at radius 1 is 1.56 bits per heavy atom. The molecule has 0 aromatic heterocycles. The van der Waals surface area contributed by atoms with Gasteiger partial charge in [0.25, 0.3) is 5.69 Å². The minimum atomic E-state index is -0.552. The van der Waals surface area contributed by atoms with Gasteiger partial charge in [0.2, 0.25) is 0 Å². The van der Waals surface area contributed by atoms with Gasteiger partial charge in [0.05, 0.1) is 17.2 Å². The van der Waals surface area contributed by atoms with Crippen molar-refractivity contribution in [1.82, 2.24) is 5.43 Å². The highest BCUT2D eigenvalue weighted by Crippen LogP contribution is 2.16. The van der Waals surface area contributed by atoms with E-state index in [0.717, 1.165) is 0 Å². The Balaban J connectivity index is 2.55. The van der Waals surface area contributed by atoms with Gasteiger partial charge in [-0.3, -0.25) is 14.9 Å². The maximum Gasteiger partial charge on any atom is 0.324 e. The first kappa shape index (κ1) is 13.9. The van der Waals surface area contributed by atoms with Crippen molar-refractivity contribution in [2.75, 3.05) is 12.0 Å². The van der Waals surface area contributed by atoms with Gasteiger partial charge in [-0.25, -0.2) is 5.43 Å². The van der Waals surface area contributed by atoms with Gasteiger partial charge >= 0.3 is 5.97 Å². The van der Waals surface area contributed by atoms with Crippen LogP contribution in [0.4, 0.5) is 11.4 Å². The van der Waals surface area contributed by atoms with Crippen LogP contribution < -0.4 is 10.9 Å². The number of nitrogens with zero attached hydrogens (tertiary/aromatic N) is 1. The van der Waals surface area contributed by atoms with Crippen molar-refractivity contribution in [3.63, 3.8) is 0 Å². The summed E-state index contributed by atoms with van der Waals surface area (Å²) in [6, 6.07) is 5.41. The average Bonchev–Trinajstić information content (AvgIpc) is 2.36. The Bertz CT molecular complexity index is 436. The number of benzene rings is 1. The van der Waals surface area contributed by atoms with Crippen LogP contribution >= 0.6 is 0 Å². The molecule has 1 aromatic carbocycles. The lowest BCUT2D eigenvalue weighted by molar-refractivity contribution is -0.384. The number of hydrogen-bond acceptors (Lipinski definition) is 6. The molecule has 0 bridgehead atoms. The van der Waals surface area contributed by atoms with E-state index in [1.54, 1.807) is 26.0 Å². The zero-order valence-electron chi connectivity index (χ0n) is 10.2. The molecule has 0 aliphatic heterocycles. The van der Waals surface area contributed by atoms with Crippen LogP contribution in [0.3, 0.4) is 0 Å². The number of nitro benzene ring substituents is 1. The molecule has 1 atom stereocenters. The molecule has 98 valence electrons. The molecule has 1 rings (SSSR count). The number of ether oxygens (including phenoxy) is 1. The molecule has 0 aliphatic carbocycles. The molecule has 2 N–H and O–H groups in total. The average molecular weight is 253 g/mol. The van der Waals surface area contributed by atoms with Crippen molar-refractivity contribution in [1.29, 1.82) is 0 Å². The monoisotopic (exact) mass is 253 g/mol. The van der Waals surface area contributed by atoms with Crippen LogP contribution in [0.1, 0.15) is 13.8 Å². The fourth-order valence-electron chi connectivity index (χ4n) is 1.22. The first-order valence-corrected chi connectivity index (χ1v) is 5.47. The lowest BCUT2D eigenvalue weighted by Gasteiger charge is -2.14. The van der Waals surface area contributed by atoms with E-state index in [9.17, 15) is 14.9 Å². The van der Waals surface area contributed by atoms with Gasteiger partial charge in [-0.2, -0.15) is 0 Å². The van der Waals surface area contributed by atoms with Crippen LogP contribution in [-0.4, -0.2) is 23.5 Å². The Labute approximate surface area is 104 Å². The Kier molecular flexibility index (Phi) is 5.06. The lowest BCUT2D eigenvalue weighted by Crippen LogP contribution is -2.39. The molecule has 0 spiro atoms. The normalized spacial score (nSPS) is 11.7. The van der Waals surface area contributed by atoms with Gasteiger partial charge in [0, 0.05) is 12.1 Å². The number of nitrogens with one attached hydrogen (secondary N) is 2. The van der Waals surface area contributed by atoms with E-state index in [0.29, 0.717) is 12.3 Å². The third-order valence-corrected chi connectivity index (χ3v) is 2.13. The summed E-state index contributed by atoms with van der Waals surface area (Å²) in [4.78, 5) is 21.4. The summed E-state index contributed by atoms with van der Waals surface area (Å²) in [7, 11) is 0. The molecule has 0 fully saturated rings. The van der Waals surface area contributed by atoms with Gasteiger partial charge in [-0.05, 0) is 19.9 Å². The van der Waals surface area contributed by atoms with Crippen molar-refractivity contribution in [2.24, 2.45) is 0 Å². The van der Waals surface area contributed by atoms with E-state index in [1.165, 1.54) is 12.1 Å². The molecule has 1 aromatic rings. The third-order valence-electron chi connectivity index (χ3n) is 2.13. The highest BCUT2D eigenvalue weighted by molar-refractivity contribution is 5.75. The Morgan fingerprint density at radius 2 is 2.28 bits per heavy atom. The van der Waals surface area contributed by atoms with E-state index in [1.807, 2.05) is 0 Å². The van der Waals surface area contributed by atoms with Gasteiger partial charge in [-0.1, -0.05) is 6.07 Å². The second-order valence-corrected chi connectivity index (χ2v) is 3.55. The molecule has 7 heteroatoms. The molecule has 1 unspecified atom stereocenters. The standard InChI is InChI=1S/C11H15N3O4/c1-3-18-11(15)8(2)12-13-9-5-4-6-10(7-9)14(16)17/h4-8,12-13H,3H2,1-2H3. The number of non-ortho nitro benzene ring substituents is 1. The number of esters is 1. The summed E-state index contributed by atoms with van der Waals surface area (Å²) in [5.41, 5.74) is 5.90. The highest BCUT2D eigenvalue weighted by atomic mass is 16.6. The third kappa shape index (κ3) is 4.02. The van der Waals surface area contributed by atoms with Crippen molar-refractivity contribution < 1.29 is 14.5 Å².